The average Bonchev–Trinajstić information content (AvgIpc) is 2.76. The van der Waals surface area contributed by atoms with Gasteiger partial charge in [-0.15, -0.1) is 0 Å². The number of hydrogen-bond donors (Lipinski definition) is 2. The highest BCUT2D eigenvalue weighted by molar-refractivity contribution is 6.32. The monoisotopic (exact) mass is 453 g/mol. The summed E-state index contributed by atoms with van der Waals surface area (Å²) in [5.74, 6) is -0.857. The van der Waals surface area contributed by atoms with Crippen LogP contribution in [0.3, 0.4) is 0 Å². The predicted molar refractivity (Wildman–Crippen MR) is 125 cm³/mol. The fraction of sp³-hybridized carbons (Fsp3) is 0.200. The lowest BCUT2D eigenvalue weighted by Crippen LogP contribution is -2.31. The summed E-state index contributed by atoms with van der Waals surface area (Å²) in [6.07, 6.45) is 1.41. The van der Waals surface area contributed by atoms with Gasteiger partial charge in [-0.25, -0.2) is 4.79 Å². The van der Waals surface area contributed by atoms with Crippen molar-refractivity contribution in [2.45, 2.75) is 20.8 Å². The van der Waals surface area contributed by atoms with Gasteiger partial charge in [-0.05, 0) is 66.9 Å². The Bertz CT molecular complexity index is 1180. The largest absolute Gasteiger partial charge is 0.493 e. The van der Waals surface area contributed by atoms with E-state index in [1.807, 2.05) is 51.1 Å². The van der Waals surface area contributed by atoms with Gasteiger partial charge in [0.1, 0.15) is 17.2 Å². The predicted octanol–water partition coefficient (Wildman–Crippen LogP) is 5.13. The molecule has 1 amide bonds. The number of halogens is 1. The molecule has 0 aliphatic carbocycles. The first kappa shape index (κ1) is 23.2. The second-order valence-electron chi connectivity index (χ2n) is 7.20. The molecule has 0 bridgehead atoms. The van der Waals surface area contributed by atoms with E-state index in [9.17, 15) is 14.7 Å². The molecule has 32 heavy (non-hydrogen) atoms. The van der Waals surface area contributed by atoms with Gasteiger partial charge >= 0.3 is 5.97 Å². The van der Waals surface area contributed by atoms with Gasteiger partial charge in [0.2, 0.25) is 0 Å². The Morgan fingerprint density at radius 3 is 2.41 bits per heavy atom. The number of rotatable bonds is 8. The van der Waals surface area contributed by atoms with Crippen LogP contribution in [0.5, 0.6) is 11.5 Å². The van der Waals surface area contributed by atoms with Crippen molar-refractivity contribution in [3.05, 3.63) is 75.9 Å². The molecule has 3 aromatic rings. The minimum absolute atomic E-state index is 0.278. The topological polar surface area (TPSA) is 84.9 Å². The Morgan fingerprint density at radius 1 is 1.06 bits per heavy atom. The van der Waals surface area contributed by atoms with Crippen molar-refractivity contribution >= 4 is 40.3 Å². The van der Waals surface area contributed by atoms with E-state index in [0.717, 1.165) is 21.9 Å². The van der Waals surface area contributed by atoms with Crippen LogP contribution >= 0.6 is 11.6 Å². The molecule has 0 saturated heterocycles. The third kappa shape index (κ3) is 5.39. The number of ether oxygens (including phenoxy) is 2. The minimum Gasteiger partial charge on any atom is -0.493 e. The van der Waals surface area contributed by atoms with Crippen molar-refractivity contribution in [2.75, 3.05) is 13.2 Å². The van der Waals surface area contributed by atoms with Crippen LogP contribution in [-0.2, 0) is 9.59 Å². The lowest BCUT2D eigenvalue weighted by atomic mass is 10.0. The maximum absolute atomic E-state index is 12.4. The molecule has 0 aliphatic rings. The quantitative estimate of drug-likeness (QED) is 0.462. The van der Waals surface area contributed by atoms with E-state index in [2.05, 4.69) is 5.32 Å². The van der Waals surface area contributed by atoms with Crippen LogP contribution in [0.25, 0.3) is 16.8 Å². The van der Waals surface area contributed by atoms with Crippen molar-refractivity contribution in [1.82, 2.24) is 5.32 Å². The lowest BCUT2D eigenvalue weighted by molar-refractivity contribution is -0.134. The molecule has 0 aliphatic heterocycles. The van der Waals surface area contributed by atoms with Crippen molar-refractivity contribution in [2.24, 2.45) is 0 Å². The van der Waals surface area contributed by atoms with Gasteiger partial charge in [0.15, 0.2) is 6.61 Å². The Morgan fingerprint density at radius 2 is 1.75 bits per heavy atom. The standard InChI is InChI=1S/C25H24ClNO5/c1-4-31-22-10-9-17-7-5-6-8-19(17)20(22)13-21(25(29)30)27-23(28)14-32-18-11-15(2)24(26)16(3)12-18/h5-13H,4,14H2,1-3H3,(H,27,28)(H,29,30)/b21-13+. The van der Waals surface area contributed by atoms with Crippen LogP contribution in [0.4, 0.5) is 0 Å². The van der Waals surface area contributed by atoms with E-state index >= 15 is 0 Å². The number of carbonyl (C=O) groups is 2. The second kappa shape index (κ2) is 10.2. The summed E-state index contributed by atoms with van der Waals surface area (Å²) < 4.78 is 11.2. The zero-order chi connectivity index (χ0) is 23.3. The number of carboxylic acid groups (broad SMARTS) is 1. The molecule has 6 nitrogen and oxygen atoms in total. The van der Waals surface area contributed by atoms with Gasteiger partial charge in [-0.3, -0.25) is 4.79 Å². The van der Waals surface area contributed by atoms with Gasteiger partial charge in [-0.1, -0.05) is 41.9 Å². The van der Waals surface area contributed by atoms with Crippen molar-refractivity contribution < 1.29 is 24.2 Å². The van der Waals surface area contributed by atoms with E-state index in [4.69, 9.17) is 21.1 Å². The number of carbonyl (C=O) groups excluding carboxylic acids is 1. The van der Waals surface area contributed by atoms with E-state index in [0.29, 0.717) is 28.7 Å². The molecule has 0 radical (unpaired) electrons. The summed E-state index contributed by atoms with van der Waals surface area (Å²) in [7, 11) is 0. The molecule has 3 aromatic carbocycles. The zero-order valence-corrected chi connectivity index (χ0v) is 18.8. The number of aryl methyl sites for hydroxylation is 2. The first-order valence-corrected chi connectivity index (χ1v) is 10.5. The Hall–Kier alpha value is -3.51. The van der Waals surface area contributed by atoms with E-state index in [1.165, 1.54) is 6.08 Å². The van der Waals surface area contributed by atoms with Crippen LogP contribution in [0, 0.1) is 13.8 Å². The van der Waals surface area contributed by atoms with Gasteiger partial charge in [0, 0.05) is 10.6 Å². The number of carboxylic acids is 1. The fourth-order valence-electron chi connectivity index (χ4n) is 3.33. The maximum atomic E-state index is 12.4. The first-order chi connectivity index (χ1) is 15.3. The number of aliphatic carboxylic acids is 1. The van der Waals surface area contributed by atoms with Crippen molar-refractivity contribution in [1.29, 1.82) is 0 Å². The SMILES string of the molecule is CCOc1ccc2ccccc2c1/C=C(/NC(=O)COc1cc(C)c(Cl)c(C)c1)C(=O)O. The maximum Gasteiger partial charge on any atom is 0.352 e. The molecule has 0 heterocycles. The summed E-state index contributed by atoms with van der Waals surface area (Å²) in [6.45, 7) is 5.60. The summed E-state index contributed by atoms with van der Waals surface area (Å²) in [4.78, 5) is 24.3. The molecule has 0 aromatic heterocycles. The zero-order valence-electron chi connectivity index (χ0n) is 18.1. The molecular weight excluding hydrogens is 430 g/mol. The molecule has 0 atom stereocenters. The van der Waals surface area contributed by atoms with E-state index in [-0.39, 0.29) is 12.3 Å². The summed E-state index contributed by atoms with van der Waals surface area (Å²) in [5, 5.41) is 14.5. The van der Waals surface area contributed by atoms with Crippen LogP contribution in [0.2, 0.25) is 5.02 Å². The normalized spacial score (nSPS) is 11.3. The second-order valence-corrected chi connectivity index (χ2v) is 7.58. The molecule has 0 unspecified atom stereocenters. The molecule has 0 saturated carbocycles. The molecule has 166 valence electrons. The van der Waals surface area contributed by atoms with E-state index < -0.39 is 11.9 Å². The first-order valence-electron chi connectivity index (χ1n) is 10.1. The molecule has 0 spiro atoms. The van der Waals surface area contributed by atoms with Gasteiger partial charge in [0.25, 0.3) is 5.91 Å². The number of hydrogen-bond acceptors (Lipinski definition) is 4. The van der Waals surface area contributed by atoms with Crippen LogP contribution < -0.4 is 14.8 Å². The molecule has 0 fully saturated rings. The smallest absolute Gasteiger partial charge is 0.352 e. The Balaban J connectivity index is 1.85. The van der Waals surface area contributed by atoms with Crippen molar-refractivity contribution in [3.8, 4) is 11.5 Å². The highest BCUT2D eigenvalue weighted by atomic mass is 35.5. The molecule has 7 heteroatoms. The van der Waals surface area contributed by atoms with E-state index in [1.54, 1.807) is 18.2 Å². The highest BCUT2D eigenvalue weighted by Crippen LogP contribution is 2.30. The Labute approximate surface area is 191 Å². The highest BCUT2D eigenvalue weighted by Gasteiger charge is 2.16. The minimum atomic E-state index is -1.27. The van der Waals surface area contributed by atoms with Crippen LogP contribution in [0.15, 0.2) is 54.2 Å². The number of amides is 1. The molecule has 3 rings (SSSR count). The summed E-state index contributed by atoms with van der Waals surface area (Å²) in [5.41, 5.74) is 1.95. The van der Waals surface area contributed by atoms with Gasteiger partial charge in [-0.2, -0.15) is 0 Å². The number of benzene rings is 3. The molecular formula is C25H24ClNO5. The number of nitrogens with one attached hydrogen (secondary N) is 1. The Kier molecular flexibility index (Phi) is 7.38. The van der Waals surface area contributed by atoms with Crippen molar-refractivity contribution in [3.63, 3.8) is 0 Å². The summed E-state index contributed by atoms with van der Waals surface area (Å²) in [6, 6.07) is 14.7. The van der Waals surface area contributed by atoms with Gasteiger partial charge < -0.3 is 19.9 Å². The van der Waals surface area contributed by atoms with Crippen LogP contribution in [0.1, 0.15) is 23.6 Å². The third-order valence-electron chi connectivity index (χ3n) is 4.80. The average molecular weight is 454 g/mol. The van der Waals surface area contributed by atoms with Crippen LogP contribution in [-0.4, -0.2) is 30.2 Å². The van der Waals surface area contributed by atoms with Gasteiger partial charge in [0.05, 0.1) is 6.61 Å². The third-order valence-corrected chi connectivity index (χ3v) is 5.40. The number of fused-ring (bicyclic) bond motifs is 1. The summed E-state index contributed by atoms with van der Waals surface area (Å²) >= 11 is 6.15. The lowest BCUT2D eigenvalue weighted by Gasteiger charge is -2.13. The fourth-order valence-corrected chi connectivity index (χ4v) is 3.44. The molecule has 2 N–H and O–H groups in total.